The van der Waals surface area contributed by atoms with Gasteiger partial charge in [-0.15, -0.1) is 5.10 Å². The van der Waals surface area contributed by atoms with Crippen LogP contribution in [-0.4, -0.2) is 47.7 Å². The molecule has 11 heteroatoms. The lowest BCUT2D eigenvalue weighted by molar-refractivity contribution is -0.133. The van der Waals surface area contributed by atoms with Crippen molar-refractivity contribution in [2.24, 2.45) is 0 Å². The van der Waals surface area contributed by atoms with E-state index < -0.39 is 17.0 Å². The molecule has 0 saturated carbocycles. The van der Waals surface area contributed by atoms with Crippen molar-refractivity contribution in [2.75, 3.05) is 22.2 Å². The maximum atomic E-state index is 11.4. The first-order chi connectivity index (χ1) is 13.4. The molecule has 28 heavy (non-hydrogen) atoms. The average molecular weight is 419 g/mol. The molecule has 9 nitrogen and oxygen atoms in total. The molecule has 1 atom stereocenters. The molecule has 146 valence electrons. The van der Waals surface area contributed by atoms with Gasteiger partial charge in [-0.2, -0.15) is 0 Å². The Bertz CT molecular complexity index is 1020. The van der Waals surface area contributed by atoms with Crippen LogP contribution in [0.1, 0.15) is 0 Å². The molecule has 0 amide bonds. The summed E-state index contributed by atoms with van der Waals surface area (Å²) in [5.74, 6) is -0.652. The van der Waals surface area contributed by atoms with Gasteiger partial charge in [-0.05, 0) is 41.5 Å². The maximum absolute atomic E-state index is 11.4. The Morgan fingerprint density at radius 3 is 2.64 bits per heavy atom. The van der Waals surface area contributed by atoms with Gasteiger partial charge in [-0.25, -0.2) is 9.19 Å². The molecule has 0 aliphatic carbocycles. The molecule has 1 unspecified atom stereocenters. The number of nitrogens with zero attached hydrogens (tertiary/aromatic N) is 2. The molecule has 0 radical (unpaired) electrons. The Balaban J connectivity index is 1.95. The smallest absolute Gasteiger partial charge is 0.313 e. The predicted octanol–water partition coefficient (Wildman–Crippen LogP) is 2.82. The number of benzene rings is 2. The molecule has 5 N–H and O–H groups in total. The van der Waals surface area contributed by atoms with Crippen LogP contribution in [0.2, 0.25) is 0 Å². The summed E-state index contributed by atoms with van der Waals surface area (Å²) in [6.07, 6.45) is 1.55. The molecule has 0 spiro atoms. The van der Waals surface area contributed by atoms with Crippen molar-refractivity contribution in [1.29, 1.82) is 0 Å². The van der Waals surface area contributed by atoms with Crippen LogP contribution in [0.4, 0.5) is 11.4 Å². The third kappa shape index (κ3) is 5.09. The maximum Gasteiger partial charge on any atom is 0.313 e. The summed E-state index contributed by atoms with van der Waals surface area (Å²) in [5.41, 5.74) is 5.56. The Labute approximate surface area is 167 Å². The molecular weight excluding hydrogens is 402 g/mol. The van der Waals surface area contributed by atoms with E-state index in [1.807, 2.05) is 30.3 Å². The van der Waals surface area contributed by atoms with Crippen LogP contribution in [0.3, 0.4) is 0 Å². The summed E-state index contributed by atoms with van der Waals surface area (Å²) in [4.78, 5) is 15.0. The SMILES string of the molecule is CS(=O)Nc1cccc(-c2cc(NO)cc(-c3nc(SCC(=O)O)n[nH]3)c2)c1. The quantitative estimate of drug-likeness (QED) is 0.277. The number of thioether (sulfide) groups is 1. The number of anilines is 2. The van der Waals surface area contributed by atoms with E-state index in [0.29, 0.717) is 27.9 Å². The van der Waals surface area contributed by atoms with Crippen LogP contribution in [0.25, 0.3) is 22.5 Å². The standard InChI is InChI=1S/C17H17N5O4S2/c1-28(26)22-13-4-2-3-10(6-13)11-5-12(8-14(7-11)21-25)16-18-17(20-19-16)27-9-15(23)24/h2-8,21-22,25H,9H2,1H3,(H,23,24)(H,18,19,20). The van der Waals surface area contributed by atoms with Gasteiger partial charge in [0.05, 0.1) is 11.4 Å². The lowest BCUT2D eigenvalue weighted by atomic mass is 10.0. The minimum atomic E-state index is -1.19. The number of hydrogen-bond acceptors (Lipinski definition) is 7. The van der Waals surface area contributed by atoms with Crippen LogP contribution in [-0.2, 0) is 15.8 Å². The van der Waals surface area contributed by atoms with E-state index >= 15 is 0 Å². The first-order valence-electron chi connectivity index (χ1n) is 7.97. The van der Waals surface area contributed by atoms with Gasteiger partial charge < -0.3 is 9.83 Å². The van der Waals surface area contributed by atoms with Crippen LogP contribution in [0.5, 0.6) is 0 Å². The van der Waals surface area contributed by atoms with Crippen LogP contribution >= 0.6 is 11.8 Å². The van der Waals surface area contributed by atoms with Crippen LogP contribution < -0.4 is 10.2 Å². The second kappa shape index (κ2) is 8.87. The number of aliphatic carboxylic acids is 1. The number of aromatic amines is 1. The predicted molar refractivity (Wildman–Crippen MR) is 109 cm³/mol. The van der Waals surface area contributed by atoms with E-state index in [-0.39, 0.29) is 5.75 Å². The van der Waals surface area contributed by atoms with E-state index in [1.165, 1.54) is 0 Å². The number of hydrogen-bond donors (Lipinski definition) is 5. The highest BCUT2D eigenvalue weighted by molar-refractivity contribution is 7.99. The third-order valence-corrected chi connectivity index (χ3v) is 4.94. The lowest BCUT2D eigenvalue weighted by Gasteiger charge is -2.10. The minimum absolute atomic E-state index is 0.140. The molecule has 2 aromatic carbocycles. The van der Waals surface area contributed by atoms with Crippen molar-refractivity contribution >= 4 is 40.1 Å². The second-order valence-electron chi connectivity index (χ2n) is 5.70. The molecule has 0 fully saturated rings. The fourth-order valence-corrected chi connectivity index (χ4v) is 3.47. The van der Waals surface area contributed by atoms with Gasteiger partial charge in [0.2, 0.25) is 5.16 Å². The molecule has 0 saturated heterocycles. The number of H-pyrrole nitrogens is 1. The van der Waals surface area contributed by atoms with E-state index in [0.717, 1.165) is 22.9 Å². The highest BCUT2D eigenvalue weighted by Gasteiger charge is 2.11. The summed E-state index contributed by atoms with van der Waals surface area (Å²) in [6, 6.07) is 12.7. The third-order valence-electron chi connectivity index (χ3n) is 3.58. The Morgan fingerprint density at radius 1 is 1.18 bits per heavy atom. The zero-order valence-electron chi connectivity index (χ0n) is 14.7. The second-order valence-corrected chi connectivity index (χ2v) is 7.75. The van der Waals surface area contributed by atoms with E-state index in [1.54, 1.807) is 18.4 Å². The Hall–Kier alpha value is -2.89. The van der Waals surface area contributed by atoms with E-state index in [9.17, 15) is 14.2 Å². The first kappa shape index (κ1) is 19.9. The molecule has 1 aromatic heterocycles. The van der Waals surface area contributed by atoms with Gasteiger partial charge in [-0.3, -0.25) is 20.6 Å². The van der Waals surface area contributed by atoms with E-state index in [2.05, 4.69) is 25.4 Å². The number of aromatic nitrogens is 3. The van der Waals surface area contributed by atoms with Gasteiger partial charge in [0.25, 0.3) is 0 Å². The first-order valence-corrected chi connectivity index (χ1v) is 10.5. The van der Waals surface area contributed by atoms with Crippen molar-refractivity contribution in [1.82, 2.24) is 15.2 Å². The van der Waals surface area contributed by atoms with Crippen molar-refractivity contribution in [3.63, 3.8) is 0 Å². The summed E-state index contributed by atoms with van der Waals surface area (Å²) in [7, 11) is -1.19. The lowest BCUT2D eigenvalue weighted by Crippen LogP contribution is -2.00. The van der Waals surface area contributed by atoms with Crippen LogP contribution in [0, 0.1) is 0 Å². The topological polar surface area (TPSA) is 140 Å². The monoisotopic (exact) mass is 419 g/mol. The molecule has 0 aliphatic rings. The summed E-state index contributed by atoms with van der Waals surface area (Å²) < 4.78 is 14.2. The van der Waals surface area contributed by atoms with Gasteiger partial charge >= 0.3 is 5.97 Å². The number of carboxylic acids is 1. The number of nitrogens with one attached hydrogen (secondary N) is 3. The fourth-order valence-electron chi connectivity index (χ4n) is 2.49. The van der Waals surface area contributed by atoms with Gasteiger partial charge in [0.1, 0.15) is 11.0 Å². The number of carboxylic acid groups (broad SMARTS) is 1. The van der Waals surface area contributed by atoms with E-state index in [4.69, 9.17) is 5.11 Å². The van der Waals surface area contributed by atoms with Crippen molar-refractivity contribution in [2.45, 2.75) is 5.16 Å². The Kier molecular flexibility index (Phi) is 6.29. The largest absolute Gasteiger partial charge is 0.481 e. The highest BCUT2D eigenvalue weighted by Crippen LogP contribution is 2.30. The average Bonchev–Trinajstić information content (AvgIpc) is 3.15. The van der Waals surface area contributed by atoms with Crippen molar-refractivity contribution < 1.29 is 19.3 Å². The molecule has 0 bridgehead atoms. The molecule has 3 rings (SSSR count). The minimum Gasteiger partial charge on any atom is -0.481 e. The van der Waals surface area contributed by atoms with Gasteiger partial charge in [0, 0.05) is 17.5 Å². The van der Waals surface area contributed by atoms with Crippen molar-refractivity contribution in [3.05, 3.63) is 42.5 Å². The fraction of sp³-hybridized carbons (Fsp3) is 0.118. The summed E-state index contributed by atoms with van der Waals surface area (Å²) >= 11 is 1.01. The van der Waals surface area contributed by atoms with Crippen molar-refractivity contribution in [3.8, 4) is 22.5 Å². The Morgan fingerprint density at radius 2 is 1.93 bits per heavy atom. The molecular formula is C17H17N5O4S2. The highest BCUT2D eigenvalue weighted by atomic mass is 32.2. The molecule has 0 aliphatic heterocycles. The molecule has 3 aromatic rings. The van der Waals surface area contributed by atoms with Gasteiger partial charge in [-0.1, -0.05) is 23.9 Å². The van der Waals surface area contributed by atoms with Crippen LogP contribution in [0.15, 0.2) is 47.6 Å². The number of rotatable bonds is 8. The molecule has 1 heterocycles. The zero-order chi connectivity index (χ0) is 20.1. The summed E-state index contributed by atoms with van der Waals surface area (Å²) in [5, 5.41) is 25.2. The summed E-state index contributed by atoms with van der Waals surface area (Å²) in [6.45, 7) is 0. The normalized spacial score (nSPS) is 11.8. The zero-order valence-corrected chi connectivity index (χ0v) is 16.3. The number of carbonyl (C=O) groups is 1. The van der Waals surface area contributed by atoms with Gasteiger partial charge in [0.15, 0.2) is 5.82 Å².